The molecule has 0 aliphatic heterocycles. The molecule has 0 aromatic heterocycles. The third-order valence-electron chi connectivity index (χ3n) is 4.37. The van der Waals surface area contributed by atoms with Gasteiger partial charge in [-0.25, -0.2) is 0 Å². The number of benzene rings is 1. The van der Waals surface area contributed by atoms with Crippen molar-refractivity contribution >= 4 is 0 Å². The Balaban J connectivity index is 2.84. The van der Waals surface area contributed by atoms with Crippen LogP contribution in [-0.4, -0.2) is 31.1 Å². The number of aryl methyl sites for hydroxylation is 2. The van der Waals surface area contributed by atoms with Crippen LogP contribution in [-0.2, 0) is 0 Å². The number of rotatable bonds is 9. The third kappa shape index (κ3) is 5.80. The Morgan fingerprint density at radius 2 is 1.86 bits per heavy atom. The number of nitrogens with one attached hydrogen (secondary N) is 1. The van der Waals surface area contributed by atoms with Gasteiger partial charge in [0.1, 0.15) is 0 Å². The molecule has 21 heavy (non-hydrogen) atoms. The quantitative estimate of drug-likeness (QED) is 0.722. The van der Waals surface area contributed by atoms with E-state index < -0.39 is 0 Å². The average Bonchev–Trinajstić information content (AvgIpc) is 2.44. The molecule has 0 fully saturated rings. The van der Waals surface area contributed by atoms with E-state index in [-0.39, 0.29) is 0 Å². The van der Waals surface area contributed by atoms with Crippen LogP contribution in [0.25, 0.3) is 0 Å². The lowest BCUT2D eigenvalue weighted by atomic mass is 9.98. The van der Waals surface area contributed by atoms with Crippen molar-refractivity contribution in [2.24, 2.45) is 0 Å². The van der Waals surface area contributed by atoms with Crippen molar-refractivity contribution < 1.29 is 0 Å². The van der Waals surface area contributed by atoms with E-state index in [4.69, 9.17) is 0 Å². The first-order valence-corrected chi connectivity index (χ1v) is 8.50. The van der Waals surface area contributed by atoms with Crippen LogP contribution in [0.3, 0.4) is 0 Å². The fraction of sp³-hybridized carbons (Fsp3) is 0.684. The van der Waals surface area contributed by atoms with E-state index in [0.29, 0.717) is 12.1 Å². The molecule has 0 radical (unpaired) electrons. The lowest BCUT2D eigenvalue weighted by Gasteiger charge is -2.30. The summed E-state index contributed by atoms with van der Waals surface area (Å²) in [6, 6.07) is 7.90. The van der Waals surface area contributed by atoms with Crippen molar-refractivity contribution in [1.82, 2.24) is 10.2 Å². The standard InChI is InChI=1S/C19H34N2/c1-7-9-17(5)21(6)14-19(20-12-8-2)18-11-10-15(3)13-16(18)4/h10-11,13,17,19-20H,7-9,12,14H2,1-6H3. The second-order valence-electron chi connectivity index (χ2n) is 6.44. The Kier molecular flexibility index (Phi) is 7.98. The number of nitrogens with zero attached hydrogens (tertiary/aromatic N) is 1. The van der Waals surface area contributed by atoms with E-state index in [1.165, 1.54) is 36.0 Å². The molecular weight excluding hydrogens is 256 g/mol. The van der Waals surface area contributed by atoms with Crippen LogP contribution in [0.4, 0.5) is 0 Å². The fourth-order valence-corrected chi connectivity index (χ4v) is 2.91. The van der Waals surface area contributed by atoms with E-state index in [1.54, 1.807) is 0 Å². The molecule has 0 amide bonds. The first-order chi connectivity index (χ1) is 9.99. The maximum Gasteiger partial charge on any atom is 0.0451 e. The maximum absolute atomic E-state index is 3.73. The summed E-state index contributed by atoms with van der Waals surface area (Å²) in [5.41, 5.74) is 4.20. The molecule has 0 aliphatic rings. The zero-order valence-corrected chi connectivity index (χ0v) is 14.9. The summed E-state index contributed by atoms with van der Waals surface area (Å²) in [4.78, 5) is 2.50. The van der Waals surface area contributed by atoms with Crippen LogP contribution in [0.15, 0.2) is 18.2 Å². The predicted octanol–water partition coefficient (Wildman–Crippen LogP) is 4.46. The highest BCUT2D eigenvalue weighted by Gasteiger charge is 2.18. The highest BCUT2D eigenvalue weighted by Crippen LogP contribution is 2.21. The van der Waals surface area contributed by atoms with E-state index in [9.17, 15) is 0 Å². The molecule has 0 bridgehead atoms. The van der Waals surface area contributed by atoms with E-state index >= 15 is 0 Å². The monoisotopic (exact) mass is 290 g/mol. The van der Waals surface area contributed by atoms with Gasteiger partial charge in [-0.05, 0) is 58.3 Å². The van der Waals surface area contributed by atoms with Crippen LogP contribution in [0.2, 0.25) is 0 Å². The maximum atomic E-state index is 3.73. The molecule has 1 rings (SSSR count). The van der Waals surface area contributed by atoms with Gasteiger partial charge in [-0.1, -0.05) is 44.0 Å². The molecule has 1 aromatic carbocycles. The number of likely N-dealkylation sites (N-methyl/N-ethyl adjacent to an activating group) is 1. The summed E-state index contributed by atoms with van der Waals surface area (Å²) in [6.45, 7) is 13.4. The summed E-state index contributed by atoms with van der Waals surface area (Å²) >= 11 is 0. The van der Waals surface area contributed by atoms with Crippen molar-refractivity contribution in [1.29, 1.82) is 0 Å². The van der Waals surface area contributed by atoms with E-state index in [0.717, 1.165) is 13.1 Å². The molecule has 1 aromatic rings. The van der Waals surface area contributed by atoms with Gasteiger partial charge >= 0.3 is 0 Å². The minimum absolute atomic E-state index is 0.426. The van der Waals surface area contributed by atoms with Crippen LogP contribution < -0.4 is 5.32 Å². The van der Waals surface area contributed by atoms with Crippen LogP contribution in [0.5, 0.6) is 0 Å². The Morgan fingerprint density at radius 3 is 2.43 bits per heavy atom. The van der Waals surface area contributed by atoms with Crippen molar-refractivity contribution in [2.75, 3.05) is 20.1 Å². The zero-order chi connectivity index (χ0) is 15.8. The molecule has 0 heterocycles. The SMILES string of the molecule is CCCNC(CN(C)C(C)CCC)c1ccc(C)cc1C. The molecule has 2 heteroatoms. The van der Waals surface area contributed by atoms with Gasteiger partial charge in [0.15, 0.2) is 0 Å². The van der Waals surface area contributed by atoms with Gasteiger partial charge in [0.2, 0.25) is 0 Å². The molecule has 1 N–H and O–H groups in total. The van der Waals surface area contributed by atoms with Crippen LogP contribution in [0, 0.1) is 13.8 Å². The molecule has 0 aliphatic carbocycles. The first kappa shape index (κ1) is 18.2. The Bertz CT molecular complexity index is 414. The van der Waals surface area contributed by atoms with Crippen molar-refractivity contribution in [3.05, 3.63) is 34.9 Å². The lowest BCUT2D eigenvalue weighted by molar-refractivity contribution is 0.218. The van der Waals surface area contributed by atoms with Crippen LogP contribution >= 0.6 is 0 Å². The average molecular weight is 290 g/mol. The van der Waals surface area contributed by atoms with Gasteiger partial charge in [-0.3, -0.25) is 0 Å². The van der Waals surface area contributed by atoms with Gasteiger partial charge in [-0.2, -0.15) is 0 Å². The normalized spacial score (nSPS) is 14.4. The Hall–Kier alpha value is -0.860. The van der Waals surface area contributed by atoms with Gasteiger partial charge in [0.05, 0.1) is 0 Å². The van der Waals surface area contributed by atoms with Gasteiger partial charge < -0.3 is 10.2 Å². The summed E-state index contributed by atoms with van der Waals surface area (Å²) in [5, 5.41) is 3.73. The first-order valence-electron chi connectivity index (χ1n) is 8.50. The minimum atomic E-state index is 0.426. The molecule has 2 atom stereocenters. The lowest BCUT2D eigenvalue weighted by Crippen LogP contribution is -2.38. The minimum Gasteiger partial charge on any atom is -0.309 e. The Labute approximate surface area is 131 Å². The van der Waals surface area contributed by atoms with Crippen molar-refractivity contribution in [3.8, 4) is 0 Å². The fourth-order valence-electron chi connectivity index (χ4n) is 2.91. The Morgan fingerprint density at radius 1 is 1.14 bits per heavy atom. The van der Waals surface area contributed by atoms with Gasteiger partial charge in [-0.15, -0.1) is 0 Å². The topological polar surface area (TPSA) is 15.3 Å². The largest absolute Gasteiger partial charge is 0.309 e. The molecule has 120 valence electrons. The van der Waals surface area contributed by atoms with Gasteiger partial charge in [0, 0.05) is 18.6 Å². The highest BCUT2D eigenvalue weighted by atomic mass is 15.1. The molecule has 0 saturated carbocycles. The van der Waals surface area contributed by atoms with E-state index in [1.807, 2.05) is 0 Å². The molecule has 0 saturated heterocycles. The molecule has 0 spiro atoms. The van der Waals surface area contributed by atoms with Crippen LogP contribution in [0.1, 0.15) is 62.8 Å². The summed E-state index contributed by atoms with van der Waals surface area (Å²) in [6.07, 6.45) is 3.70. The predicted molar refractivity (Wildman–Crippen MR) is 94.0 cm³/mol. The molecule has 2 nitrogen and oxygen atoms in total. The number of hydrogen-bond acceptors (Lipinski definition) is 2. The second-order valence-corrected chi connectivity index (χ2v) is 6.44. The summed E-state index contributed by atoms with van der Waals surface area (Å²) in [5.74, 6) is 0. The second kappa shape index (κ2) is 9.22. The zero-order valence-electron chi connectivity index (χ0n) is 14.9. The van der Waals surface area contributed by atoms with Gasteiger partial charge in [0.25, 0.3) is 0 Å². The molecular formula is C19H34N2. The van der Waals surface area contributed by atoms with Crippen molar-refractivity contribution in [3.63, 3.8) is 0 Å². The van der Waals surface area contributed by atoms with Crippen molar-refractivity contribution in [2.45, 2.75) is 66.0 Å². The summed E-state index contributed by atoms with van der Waals surface area (Å²) in [7, 11) is 2.25. The highest BCUT2D eigenvalue weighted by molar-refractivity contribution is 5.33. The smallest absolute Gasteiger partial charge is 0.0451 e. The number of hydrogen-bond donors (Lipinski definition) is 1. The van der Waals surface area contributed by atoms with E-state index in [2.05, 4.69) is 70.1 Å². The summed E-state index contributed by atoms with van der Waals surface area (Å²) < 4.78 is 0. The molecule has 2 unspecified atom stereocenters. The third-order valence-corrected chi connectivity index (χ3v) is 4.37.